The summed E-state index contributed by atoms with van der Waals surface area (Å²) in [4.78, 5) is 8.89. The summed E-state index contributed by atoms with van der Waals surface area (Å²) in [6, 6.07) is 12.8. The second-order valence-electron chi connectivity index (χ2n) is 6.64. The molecule has 2 aromatic carbocycles. The summed E-state index contributed by atoms with van der Waals surface area (Å²) in [6.45, 7) is 0.609. The highest BCUT2D eigenvalue weighted by molar-refractivity contribution is 7.88. The highest BCUT2D eigenvalue weighted by Crippen LogP contribution is 2.24. The first-order valence-electron chi connectivity index (χ1n) is 8.74. The Morgan fingerprint density at radius 3 is 2.50 bits per heavy atom. The maximum atomic E-state index is 13.1. The fourth-order valence-corrected chi connectivity index (χ4v) is 4.78. The van der Waals surface area contributed by atoms with E-state index in [1.54, 1.807) is 42.6 Å². The van der Waals surface area contributed by atoms with Crippen LogP contribution in [0.5, 0.6) is 0 Å². The number of hydrogen-bond donors (Lipinski definition) is 0. The highest BCUT2D eigenvalue weighted by atomic mass is 35.5. The zero-order valence-corrected chi connectivity index (χ0v) is 16.4. The zero-order valence-electron chi connectivity index (χ0n) is 14.8. The molecule has 8 heteroatoms. The minimum atomic E-state index is -3.47. The molecule has 0 aliphatic carbocycles. The Kier molecular flexibility index (Phi) is 5.14. The first-order chi connectivity index (χ1) is 13.4. The molecule has 144 valence electrons. The smallest absolute Gasteiger partial charge is 0.218 e. The molecule has 0 radical (unpaired) electrons. The maximum Gasteiger partial charge on any atom is 0.218 e. The lowest BCUT2D eigenvalue weighted by atomic mass is 10.1. The Labute approximate surface area is 167 Å². The number of benzene rings is 2. The van der Waals surface area contributed by atoms with Crippen molar-refractivity contribution in [3.63, 3.8) is 0 Å². The van der Waals surface area contributed by atoms with E-state index in [2.05, 4.69) is 9.97 Å². The highest BCUT2D eigenvalue weighted by Gasteiger charge is 2.28. The van der Waals surface area contributed by atoms with Gasteiger partial charge in [0.2, 0.25) is 10.0 Å². The fourth-order valence-electron chi connectivity index (χ4n) is 3.15. The van der Waals surface area contributed by atoms with Gasteiger partial charge in [0.15, 0.2) is 5.82 Å². The summed E-state index contributed by atoms with van der Waals surface area (Å²) < 4.78 is 40.1. The predicted octanol–water partition coefficient (Wildman–Crippen LogP) is 3.82. The molecule has 3 aromatic rings. The Bertz CT molecular complexity index is 1100. The van der Waals surface area contributed by atoms with Crippen molar-refractivity contribution in [2.45, 2.75) is 18.7 Å². The van der Waals surface area contributed by atoms with E-state index in [0.717, 1.165) is 16.8 Å². The molecular weight excluding hydrogens is 401 g/mol. The molecule has 5 nitrogen and oxygen atoms in total. The summed E-state index contributed by atoms with van der Waals surface area (Å²) in [5.74, 6) is 0.119. The van der Waals surface area contributed by atoms with E-state index < -0.39 is 10.0 Å². The number of sulfonamides is 1. The second kappa shape index (κ2) is 7.58. The second-order valence-corrected chi connectivity index (χ2v) is 9.04. The van der Waals surface area contributed by atoms with Gasteiger partial charge in [0, 0.05) is 41.9 Å². The van der Waals surface area contributed by atoms with Crippen LogP contribution in [0.3, 0.4) is 0 Å². The lowest BCUT2D eigenvalue weighted by molar-refractivity contribution is 0.386. The standard InChI is InChI=1S/C20H17ClFN3O2S/c21-17-5-1-14(2-6-17)13-28(26,27)25-10-9-19-16(12-25)11-23-20(24-19)15-3-7-18(22)8-4-15/h1-8,11H,9-10,12-13H2. The van der Waals surface area contributed by atoms with E-state index in [1.807, 2.05) is 0 Å². The number of aromatic nitrogens is 2. The van der Waals surface area contributed by atoms with Crippen molar-refractivity contribution in [2.75, 3.05) is 6.54 Å². The molecule has 2 heterocycles. The van der Waals surface area contributed by atoms with Crippen molar-refractivity contribution in [3.8, 4) is 11.4 Å². The van der Waals surface area contributed by atoms with Crippen molar-refractivity contribution < 1.29 is 12.8 Å². The molecule has 0 amide bonds. The predicted molar refractivity (Wildman–Crippen MR) is 106 cm³/mol. The van der Waals surface area contributed by atoms with E-state index in [4.69, 9.17) is 11.6 Å². The third kappa shape index (κ3) is 4.06. The minimum Gasteiger partial charge on any atom is -0.236 e. The average molecular weight is 418 g/mol. The summed E-state index contributed by atoms with van der Waals surface area (Å²) in [5, 5.41) is 0.571. The van der Waals surface area contributed by atoms with Crippen LogP contribution in [0.15, 0.2) is 54.7 Å². The first kappa shape index (κ1) is 19.0. The Morgan fingerprint density at radius 1 is 1.07 bits per heavy atom. The fraction of sp³-hybridized carbons (Fsp3) is 0.200. The molecule has 0 bridgehead atoms. The van der Waals surface area contributed by atoms with E-state index >= 15 is 0 Å². The van der Waals surface area contributed by atoms with Crippen LogP contribution < -0.4 is 0 Å². The number of hydrogen-bond acceptors (Lipinski definition) is 4. The topological polar surface area (TPSA) is 63.2 Å². The molecule has 0 saturated heterocycles. The van der Waals surface area contributed by atoms with Crippen LogP contribution in [0.25, 0.3) is 11.4 Å². The van der Waals surface area contributed by atoms with Crippen molar-refractivity contribution in [3.05, 3.63) is 82.4 Å². The van der Waals surface area contributed by atoms with Gasteiger partial charge in [-0.05, 0) is 42.0 Å². The third-order valence-electron chi connectivity index (χ3n) is 4.66. The van der Waals surface area contributed by atoms with Gasteiger partial charge in [0.05, 0.1) is 11.4 Å². The van der Waals surface area contributed by atoms with Gasteiger partial charge in [-0.3, -0.25) is 0 Å². The van der Waals surface area contributed by atoms with E-state index in [1.165, 1.54) is 16.4 Å². The monoisotopic (exact) mass is 417 g/mol. The van der Waals surface area contributed by atoms with Gasteiger partial charge >= 0.3 is 0 Å². The Hall–Kier alpha value is -2.35. The van der Waals surface area contributed by atoms with Gasteiger partial charge in [0.1, 0.15) is 5.82 Å². The van der Waals surface area contributed by atoms with Crippen molar-refractivity contribution in [1.29, 1.82) is 0 Å². The van der Waals surface area contributed by atoms with E-state index in [0.29, 0.717) is 29.4 Å². The van der Waals surface area contributed by atoms with Crippen LogP contribution in [-0.4, -0.2) is 29.2 Å². The average Bonchev–Trinajstić information content (AvgIpc) is 2.69. The zero-order chi connectivity index (χ0) is 19.7. The summed E-state index contributed by atoms with van der Waals surface area (Å²) in [6.07, 6.45) is 2.16. The number of fused-ring (bicyclic) bond motifs is 1. The molecule has 4 rings (SSSR count). The van der Waals surface area contributed by atoms with Crippen LogP contribution in [0.1, 0.15) is 16.8 Å². The van der Waals surface area contributed by atoms with Gasteiger partial charge in [-0.15, -0.1) is 0 Å². The SMILES string of the molecule is O=S(=O)(Cc1ccc(Cl)cc1)N1CCc2nc(-c3ccc(F)cc3)ncc2C1. The number of halogens is 2. The Morgan fingerprint density at radius 2 is 1.79 bits per heavy atom. The normalized spacial score (nSPS) is 14.6. The molecule has 0 spiro atoms. The van der Waals surface area contributed by atoms with E-state index in [-0.39, 0.29) is 18.1 Å². The van der Waals surface area contributed by atoms with Gasteiger partial charge < -0.3 is 0 Å². The quantitative estimate of drug-likeness (QED) is 0.647. The van der Waals surface area contributed by atoms with Gasteiger partial charge in [-0.2, -0.15) is 4.31 Å². The lowest BCUT2D eigenvalue weighted by Gasteiger charge is -2.27. The first-order valence-corrected chi connectivity index (χ1v) is 10.7. The maximum absolute atomic E-state index is 13.1. The molecule has 0 saturated carbocycles. The number of rotatable bonds is 4. The van der Waals surface area contributed by atoms with Gasteiger partial charge in [-0.1, -0.05) is 23.7 Å². The van der Waals surface area contributed by atoms with Gasteiger partial charge in [0.25, 0.3) is 0 Å². The lowest BCUT2D eigenvalue weighted by Crippen LogP contribution is -2.37. The summed E-state index contributed by atoms with van der Waals surface area (Å²) >= 11 is 5.86. The van der Waals surface area contributed by atoms with Crippen molar-refractivity contribution in [1.82, 2.24) is 14.3 Å². The summed E-state index contributed by atoms with van der Waals surface area (Å²) in [7, 11) is -3.47. The van der Waals surface area contributed by atoms with Crippen LogP contribution in [0.2, 0.25) is 5.02 Å². The Balaban J connectivity index is 1.53. The van der Waals surface area contributed by atoms with Crippen molar-refractivity contribution >= 4 is 21.6 Å². The molecule has 28 heavy (non-hydrogen) atoms. The molecule has 0 unspecified atom stereocenters. The van der Waals surface area contributed by atoms with Gasteiger partial charge in [-0.25, -0.2) is 22.8 Å². The largest absolute Gasteiger partial charge is 0.236 e. The molecule has 1 aliphatic rings. The van der Waals surface area contributed by atoms with Crippen LogP contribution in [0, 0.1) is 5.82 Å². The van der Waals surface area contributed by atoms with Crippen molar-refractivity contribution in [2.24, 2.45) is 0 Å². The third-order valence-corrected chi connectivity index (χ3v) is 6.71. The molecule has 1 aromatic heterocycles. The van der Waals surface area contributed by atoms with Crippen LogP contribution in [0.4, 0.5) is 4.39 Å². The molecule has 0 N–H and O–H groups in total. The van der Waals surface area contributed by atoms with Crippen LogP contribution >= 0.6 is 11.6 Å². The summed E-state index contributed by atoms with van der Waals surface area (Å²) in [5.41, 5.74) is 3.03. The molecule has 1 aliphatic heterocycles. The molecule has 0 atom stereocenters. The molecule has 0 fully saturated rings. The van der Waals surface area contributed by atoms with E-state index in [9.17, 15) is 12.8 Å². The van der Waals surface area contributed by atoms with Crippen LogP contribution in [-0.2, 0) is 28.7 Å². The minimum absolute atomic E-state index is 0.0754. The molecular formula is C20H17ClFN3O2S. The number of nitrogens with zero attached hydrogens (tertiary/aromatic N) is 3.